The minimum Gasteiger partial charge on any atom is -0.444 e. The second kappa shape index (κ2) is 13.3. The maximum Gasteiger partial charge on any atom is 0.408 e. The second-order valence-electron chi connectivity index (χ2n) is 10.6. The predicted octanol–water partition coefficient (Wildman–Crippen LogP) is 3.92. The van der Waals surface area contributed by atoms with Gasteiger partial charge in [-0.2, -0.15) is 0 Å². The Kier molecular flexibility index (Phi) is 11.5. The Morgan fingerprint density at radius 1 is 1.08 bits per heavy atom. The van der Waals surface area contributed by atoms with Crippen molar-refractivity contribution < 1.29 is 24.2 Å². The molecule has 0 aliphatic rings. The summed E-state index contributed by atoms with van der Waals surface area (Å²) in [4.78, 5) is 41.5. The molecule has 3 amide bonds. The van der Waals surface area contributed by atoms with Crippen molar-refractivity contribution in [1.82, 2.24) is 15.5 Å². The first-order chi connectivity index (χ1) is 16.7. The van der Waals surface area contributed by atoms with Crippen molar-refractivity contribution in [2.45, 2.75) is 104 Å². The van der Waals surface area contributed by atoms with Crippen LogP contribution in [0.2, 0.25) is 0 Å². The van der Waals surface area contributed by atoms with E-state index in [0.717, 1.165) is 12.8 Å². The minimum absolute atomic E-state index is 0.106. The molecule has 1 rings (SSSR count). The summed E-state index contributed by atoms with van der Waals surface area (Å²) in [6.45, 7) is 14.0. The largest absolute Gasteiger partial charge is 0.444 e. The Bertz CT molecular complexity index is 928. The lowest BCUT2D eigenvalue weighted by atomic mass is 9.91. The average Bonchev–Trinajstić information content (AvgIpc) is 2.79. The summed E-state index contributed by atoms with van der Waals surface area (Å²) >= 11 is 0. The molecular formula is C28H43N3O5. The fourth-order valence-electron chi connectivity index (χ4n) is 3.75. The third-order valence-electron chi connectivity index (χ3n) is 5.94. The number of benzene rings is 1. The molecule has 0 radical (unpaired) electrons. The van der Waals surface area contributed by atoms with Crippen molar-refractivity contribution >= 4 is 17.9 Å². The summed E-state index contributed by atoms with van der Waals surface area (Å²) in [5.41, 5.74) is -0.378. The van der Waals surface area contributed by atoms with Crippen molar-refractivity contribution in [3.8, 4) is 12.3 Å². The maximum absolute atomic E-state index is 13.9. The van der Waals surface area contributed by atoms with Gasteiger partial charge in [-0.05, 0) is 72.1 Å². The van der Waals surface area contributed by atoms with Gasteiger partial charge in [0, 0.05) is 17.1 Å². The fourth-order valence-corrected chi connectivity index (χ4v) is 3.75. The van der Waals surface area contributed by atoms with Crippen LogP contribution >= 0.6 is 0 Å². The van der Waals surface area contributed by atoms with E-state index in [1.807, 2.05) is 34.6 Å². The highest BCUT2D eigenvalue weighted by Crippen LogP contribution is 2.32. The molecular weight excluding hydrogens is 458 g/mol. The second-order valence-corrected chi connectivity index (χ2v) is 10.6. The van der Waals surface area contributed by atoms with E-state index in [4.69, 9.17) is 11.2 Å². The van der Waals surface area contributed by atoms with Gasteiger partial charge in [0.1, 0.15) is 17.7 Å². The van der Waals surface area contributed by atoms with E-state index in [0.29, 0.717) is 17.5 Å². The van der Waals surface area contributed by atoms with Crippen LogP contribution in [-0.4, -0.2) is 57.7 Å². The number of ether oxygens (including phenoxy) is 1. The lowest BCUT2D eigenvalue weighted by molar-refractivity contribution is -0.150. The Morgan fingerprint density at radius 3 is 2.11 bits per heavy atom. The highest BCUT2D eigenvalue weighted by molar-refractivity contribution is 5.92. The zero-order chi connectivity index (χ0) is 27.7. The molecule has 0 spiro atoms. The number of hydrogen-bond donors (Lipinski definition) is 3. The number of aliphatic hydroxyl groups excluding tert-OH is 1. The Labute approximate surface area is 216 Å². The molecule has 8 heteroatoms. The van der Waals surface area contributed by atoms with E-state index in [-0.39, 0.29) is 11.9 Å². The Hall–Kier alpha value is -3.05. The van der Waals surface area contributed by atoms with Crippen molar-refractivity contribution in [2.24, 2.45) is 0 Å². The molecule has 0 saturated carbocycles. The van der Waals surface area contributed by atoms with Crippen molar-refractivity contribution in [1.29, 1.82) is 0 Å². The van der Waals surface area contributed by atoms with Crippen molar-refractivity contribution in [3.05, 3.63) is 35.4 Å². The fraction of sp³-hybridized carbons (Fsp3) is 0.607. The molecule has 8 nitrogen and oxygen atoms in total. The van der Waals surface area contributed by atoms with E-state index >= 15 is 0 Å². The zero-order valence-corrected chi connectivity index (χ0v) is 23.0. The number of carbonyl (C=O) groups is 3. The molecule has 0 saturated heterocycles. The number of hydrogen-bond acceptors (Lipinski definition) is 5. The molecule has 0 bridgehead atoms. The molecule has 0 aliphatic carbocycles. The Morgan fingerprint density at radius 2 is 1.67 bits per heavy atom. The smallest absolute Gasteiger partial charge is 0.408 e. The molecule has 36 heavy (non-hydrogen) atoms. The summed E-state index contributed by atoms with van der Waals surface area (Å²) in [7, 11) is 0. The molecule has 3 unspecified atom stereocenters. The van der Waals surface area contributed by atoms with Crippen LogP contribution in [-0.2, 0) is 14.3 Å². The van der Waals surface area contributed by atoms with Crippen LogP contribution < -0.4 is 10.6 Å². The van der Waals surface area contributed by atoms with E-state index in [9.17, 15) is 19.5 Å². The third kappa shape index (κ3) is 8.87. The van der Waals surface area contributed by atoms with Crippen molar-refractivity contribution in [3.63, 3.8) is 0 Å². The lowest BCUT2D eigenvalue weighted by Crippen LogP contribution is -2.60. The highest BCUT2D eigenvalue weighted by Gasteiger charge is 2.43. The van der Waals surface area contributed by atoms with Gasteiger partial charge >= 0.3 is 6.09 Å². The Balaban J connectivity index is 3.57. The molecule has 0 heterocycles. The van der Waals surface area contributed by atoms with Gasteiger partial charge in [-0.15, -0.1) is 6.42 Å². The zero-order valence-electron chi connectivity index (χ0n) is 23.0. The first-order valence-corrected chi connectivity index (χ1v) is 12.5. The summed E-state index contributed by atoms with van der Waals surface area (Å²) in [6, 6.07) is 4.46. The van der Waals surface area contributed by atoms with Gasteiger partial charge in [-0.25, -0.2) is 4.79 Å². The van der Waals surface area contributed by atoms with Gasteiger partial charge in [0.15, 0.2) is 0 Å². The SMILES string of the molecule is C#Cc1ccc(C(C(=O)NC(C)CCC)N(C(=O)C(CO)NC(=O)OC(C)(C)C)C(C)(C)CC)cc1. The first kappa shape index (κ1) is 31.0. The van der Waals surface area contributed by atoms with Gasteiger partial charge in [0.25, 0.3) is 0 Å². The standard InChI is InChI=1S/C28H43N3O5/c1-10-13-19(4)29-24(33)23(21-16-14-20(11-2)15-17-21)31(28(8,9)12-3)25(34)22(18-32)30-26(35)36-27(5,6)7/h2,14-17,19,22-23,32H,10,12-13,18H2,1,3-9H3,(H,29,33)(H,30,35). The first-order valence-electron chi connectivity index (χ1n) is 12.5. The van der Waals surface area contributed by atoms with Gasteiger partial charge in [-0.3, -0.25) is 9.59 Å². The van der Waals surface area contributed by atoms with Crippen LogP contribution in [0.5, 0.6) is 0 Å². The van der Waals surface area contributed by atoms with Crippen LogP contribution in [0.3, 0.4) is 0 Å². The quantitative estimate of drug-likeness (QED) is 0.399. The number of nitrogens with zero attached hydrogens (tertiary/aromatic N) is 1. The molecule has 200 valence electrons. The number of carbonyl (C=O) groups excluding carboxylic acids is 3. The van der Waals surface area contributed by atoms with Gasteiger partial charge in [0.2, 0.25) is 11.8 Å². The average molecular weight is 502 g/mol. The number of terminal acetylenes is 1. The van der Waals surface area contributed by atoms with E-state index in [1.165, 1.54) is 4.90 Å². The molecule has 1 aromatic rings. The summed E-state index contributed by atoms with van der Waals surface area (Å²) in [5.74, 6) is 1.61. The summed E-state index contributed by atoms with van der Waals surface area (Å²) in [6.07, 6.45) is 6.85. The van der Waals surface area contributed by atoms with E-state index in [1.54, 1.807) is 45.0 Å². The van der Waals surface area contributed by atoms with Crippen LogP contribution in [0, 0.1) is 12.3 Å². The van der Waals surface area contributed by atoms with Crippen LogP contribution in [0.15, 0.2) is 24.3 Å². The van der Waals surface area contributed by atoms with Gasteiger partial charge in [0.05, 0.1) is 6.61 Å². The minimum atomic E-state index is -1.31. The van der Waals surface area contributed by atoms with Crippen LogP contribution in [0.1, 0.15) is 91.8 Å². The number of nitrogens with one attached hydrogen (secondary N) is 2. The highest BCUT2D eigenvalue weighted by atomic mass is 16.6. The van der Waals surface area contributed by atoms with Gasteiger partial charge in [-0.1, -0.05) is 38.3 Å². The third-order valence-corrected chi connectivity index (χ3v) is 5.94. The van der Waals surface area contributed by atoms with E-state index in [2.05, 4.69) is 16.6 Å². The predicted molar refractivity (Wildman–Crippen MR) is 141 cm³/mol. The number of aliphatic hydroxyl groups is 1. The monoisotopic (exact) mass is 501 g/mol. The summed E-state index contributed by atoms with van der Waals surface area (Å²) < 4.78 is 5.28. The molecule has 0 aromatic heterocycles. The molecule has 0 aliphatic heterocycles. The van der Waals surface area contributed by atoms with Crippen molar-refractivity contribution in [2.75, 3.05) is 6.61 Å². The maximum atomic E-state index is 13.9. The lowest BCUT2D eigenvalue weighted by Gasteiger charge is -2.44. The molecule has 3 atom stereocenters. The van der Waals surface area contributed by atoms with E-state index < -0.39 is 41.8 Å². The molecule has 0 fully saturated rings. The molecule has 1 aromatic carbocycles. The topological polar surface area (TPSA) is 108 Å². The normalized spacial score (nSPS) is 14.1. The number of alkyl carbamates (subject to hydrolysis) is 1. The number of amides is 3. The van der Waals surface area contributed by atoms with Crippen LogP contribution in [0.25, 0.3) is 0 Å². The number of rotatable bonds is 11. The summed E-state index contributed by atoms with van der Waals surface area (Å²) in [5, 5.41) is 15.5. The molecule has 3 N–H and O–H groups in total. The van der Waals surface area contributed by atoms with Gasteiger partial charge < -0.3 is 25.4 Å². The van der Waals surface area contributed by atoms with Crippen LogP contribution in [0.4, 0.5) is 4.79 Å².